The molecule has 36 heavy (non-hydrogen) atoms. The Morgan fingerprint density at radius 1 is 0.861 bits per heavy atom. The number of carbonyl (C=O) groups excluding carboxylic acids is 1. The quantitative estimate of drug-likeness (QED) is 0.306. The van der Waals surface area contributed by atoms with E-state index in [0.717, 1.165) is 41.4 Å². The van der Waals surface area contributed by atoms with Crippen LogP contribution in [0.5, 0.6) is 0 Å². The molecule has 0 spiro atoms. The van der Waals surface area contributed by atoms with Crippen molar-refractivity contribution in [3.05, 3.63) is 107 Å². The highest BCUT2D eigenvalue weighted by Gasteiger charge is 2.37. The average molecular weight is 487 g/mol. The van der Waals surface area contributed by atoms with Crippen LogP contribution in [0.3, 0.4) is 0 Å². The van der Waals surface area contributed by atoms with E-state index in [4.69, 9.17) is 0 Å². The first-order chi connectivity index (χ1) is 17.3. The van der Waals surface area contributed by atoms with Crippen molar-refractivity contribution >= 4 is 5.78 Å². The zero-order valence-electron chi connectivity index (χ0n) is 20.3. The second-order valence-electron chi connectivity index (χ2n) is 8.85. The lowest BCUT2D eigenvalue weighted by Gasteiger charge is -2.19. The maximum absolute atomic E-state index is 13.9. The lowest BCUT2D eigenvalue weighted by Crippen LogP contribution is -2.27. The van der Waals surface area contributed by atoms with Gasteiger partial charge in [-0.15, -0.1) is 0 Å². The van der Waals surface area contributed by atoms with Gasteiger partial charge in [0, 0.05) is 41.9 Å². The summed E-state index contributed by atoms with van der Waals surface area (Å²) in [5.41, 5.74) is 6.02. The zero-order chi connectivity index (χ0) is 25.7. The summed E-state index contributed by atoms with van der Waals surface area (Å²) in [7, 11) is 0. The Balaban J connectivity index is 1.47. The first-order valence-electron chi connectivity index (χ1n) is 11.9. The number of alkyl halides is 2. The van der Waals surface area contributed by atoms with Gasteiger partial charge in [-0.05, 0) is 30.0 Å². The normalized spacial score (nSPS) is 12.4. The van der Waals surface area contributed by atoms with Gasteiger partial charge in [-0.2, -0.15) is 8.78 Å². The molecule has 184 valence electrons. The number of ketones is 1. The number of rotatable bonds is 9. The minimum Gasteiger partial charge on any atom is -0.387 e. The van der Waals surface area contributed by atoms with Crippen molar-refractivity contribution in [1.29, 1.82) is 0 Å². The Morgan fingerprint density at radius 2 is 1.42 bits per heavy atom. The first-order valence-corrected chi connectivity index (χ1v) is 11.9. The molecule has 1 heterocycles. The predicted octanol–water partition coefficient (Wildman–Crippen LogP) is 6.20. The molecule has 0 saturated heterocycles. The summed E-state index contributed by atoms with van der Waals surface area (Å²) in [5.74, 6) is -3.35. The lowest BCUT2D eigenvalue weighted by atomic mass is 9.96. The maximum Gasteiger partial charge on any atom is 0.298 e. The van der Waals surface area contributed by atoms with Gasteiger partial charge < -0.3 is 5.11 Å². The van der Waals surface area contributed by atoms with E-state index in [1.165, 1.54) is 29.8 Å². The Morgan fingerprint density at radius 3 is 2.00 bits per heavy atom. The van der Waals surface area contributed by atoms with Gasteiger partial charge >= 0.3 is 0 Å². The third kappa shape index (κ3) is 5.55. The summed E-state index contributed by atoms with van der Waals surface area (Å²) in [6.45, 7) is 3.16. The SMILES string of the molecule is CCc1ccccc1-c1nccnc1-c1ccc(CC(=O)Cc2ccc(C(F)(F)C(C)O)cc2)cc1. The molecule has 0 aliphatic carbocycles. The third-order valence-corrected chi connectivity index (χ3v) is 6.25. The van der Waals surface area contributed by atoms with Gasteiger partial charge in [0.25, 0.3) is 5.92 Å². The number of aliphatic hydroxyl groups excluding tert-OH is 1. The standard InChI is InChI=1S/C30H28F2N2O2/c1-3-23-6-4-5-7-27(23)29-28(33-16-17-34-29)24-12-8-21(9-13-24)18-26(36)19-22-10-14-25(15-11-22)30(31,32)20(2)35/h4-17,20,35H,3,18-19H2,1-2H3. The van der Waals surface area contributed by atoms with E-state index in [2.05, 4.69) is 29.0 Å². The highest BCUT2D eigenvalue weighted by molar-refractivity contribution is 5.84. The molecule has 1 N–H and O–H groups in total. The average Bonchev–Trinajstić information content (AvgIpc) is 2.89. The van der Waals surface area contributed by atoms with E-state index >= 15 is 0 Å². The van der Waals surface area contributed by atoms with E-state index in [1.807, 2.05) is 36.4 Å². The molecule has 0 saturated carbocycles. The smallest absolute Gasteiger partial charge is 0.298 e. The molecule has 0 aliphatic rings. The Kier molecular flexibility index (Phi) is 7.65. The van der Waals surface area contributed by atoms with Crippen LogP contribution in [0.15, 0.2) is 85.2 Å². The molecule has 1 unspecified atom stereocenters. The number of halogens is 2. The molecular weight excluding hydrogens is 458 g/mol. The summed E-state index contributed by atoms with van der Waals surface area (Å²) < 4.78 is 27.9. The molecule has 4 aromatic rings. The molecule has 6 heteroatoms. The highest BCUT2D eigenvalue weighted by Crippen LogP contribution is 2.32. The van der Waals surface area contributed by atoms with Crippen molar-refractivity contribution in [2.75, 3.05) is 0 Å². The number of benzene rings is 3. The summed E-state index contributed by atoms with van der Waals surface area (Å²) in [5, 5.41) is 9.29. The summed E-state index contributed by atoms with van der Waals surface area (Å²) in [6, 6.07) is 21.4. The minimum absolute atomic E-state index is 0.0187. The molecule has 4 rings (SSSR count). The van der Waals surface area contributed by atoms with Crippen LogP contribution in [-0.2, 0) is 30.0 Å². The van der Waals surface area contributed by atoms with Crippen LogP contribution in [0.2, 0.25) is 0 Å². The topological polar surface area (TPSA) is 63.1 Å². The number of aryl methyl sites for hydroxylation is 1. The molecule has 3 aromatic carbocycles. The van der Waals surface area contributed by atoms with Gasteiger partial charge in [0.1, 0.15) is 11.9 Å². The minimum atomic E-state index is -3.33. The van der Waals surface area contributed by atoms with Crippen LogP contribution >= 0.6 is 0 Å². The Hall–Kier alpha value is -3.77. The molecule has 4 nitrogen and oxygen atoms in total. The molecular formula is C30H28F2N2O2. The Labute approximate surface area is 209 Å². The fourth-order valence-electron chi connectivity index (χ4n) is 4.19. The van der Waals surface area contributed by atoms with Gasteiger partial charge in [0.15, 0.2) is 0 Å². The van der Waals surface area contributed by atoms with E-state index < -0.39 is 12.0 Å². The first kappa shape index (κ1) is 25.3. The van der Waals surface area contributed by atoms with Crippen LogP contribution in [-0.4, -0.2) is 27.0 Å². The number of aliphatic hydroxyl groups is 1. The van der Waals surface area contributed by atoms with E-state index in [9.17, 15) is 18.7 Å². The van der Waals surface area contributed by atoms with Gasteiger partial charge in [-0.25, -0.2) is 0 Å². The summed E-state index contributed by atoms with van der Waals surface area (Å²) >= 11 is 0. The van der Waals surface area contributed by atoms with Gasteiger partial charge in [0.2, 0.25) is 0 Å². The number of aromatic nitrogens is 2. The van der Waals surface area contributed by atoms with E-state index in [-0.39, 0.29) is 24.2 Å². The van der Waals surface area contributed by atoms with Crippen LogP contribution < -0.4 is 0 Å². The number of hydrogen-bond donors (Lipinski definition) is 1. The van der Waals surface area contributed by atoms with Crippen LogP contribution in [0, 0.1) is 0 Å². The lowest BCUT2D eigenvalue weighted by molar-refractivity contribution is -0.117. The monoisotopic (exact) mass is 486 g/mol. The molecule has 0 bridgehead atoms. The maximum atomic E-state index is 13.9. The summed E-state index contributed by atoms with van der Waals surface area (Å²) in [6.07, 6.45) is 2.84. The molecule has 1 atom stereocenters. The highest BCUT2D eigenvalue weighted by atomic mass is 19.3. The van der Waals surface area contributed by atoms with Crippen molar-refractivity contribution < 1.29 is 18.7 Å². The fourth-order valence-corrected chi connectivity index (χ4v) is 4.19. The van der Waals surface area contributed by atoms with Crippen LogP contribution in [0.4, 0.5) is 8.78 Å². The van der Waals surface area contributed by atoms with Gasteiger partial charge in [0.05, 0.1) is 11.4 Å². The van der Waals surface area contributed by atoms with Gasteiger partial charge in [-0.1, -0.05) is 79.7 Å². The number of hydrogen-bond acceptors (Lipinski definition) is 4. The summed E-state index contributed by atoms with van der Waals surface area (Å²) in [4.78, 5) is 21.8. The second kappa shape index (κ2) is 10.9. The molecule has 0 aliphatic heterocycles. The van der Waals surface area contributed by atoms with E-state index in [0.29, 0.717) is 5.56 Å². The van der Waals surface area contributed by atoms with Crippen LogP contribution in [0.1, 0.15) is 36.1 Å². The number of Topliss-reactive ketones (excluding diaryl/α,β-unsaturated/α-hetero) is 1. The largest absolute Gasteiger partial charge is 0.387 e. The van der Waals surface area contributed by atoms with Gasteiger partial charge in [-0.3, -0.25) is 14.8 Å². The molecule has 0 fully saturated rings. The second-order valence-corrected chi connectivity index (χ2v) is 8.85. The molecule has 1 aromatic heterocycles. The predicted molar refractivity (Wildman–Crippen MR) is 137 cm³/mol. The van der Waals surface area contributed by atoms with Crippen molar-refractivity contribution in [3.63, 3.8) is 0 Å². The number of nitrogens with zero attached hydrogens (tertiary/aromatic N) is 2. The molecule has 0 radical (unpaired) electrons. The van der Waals surface area contributed by atoms with E-state index in [1.54, 1.807) is 12.4 Å². The number of carbonyl (C=O) groups is 1. The fraction of sp³-hybridized carbons (Fsp3) is 0.233. The Bertz CT molecular complexity index is 1330. The zero-order valence-corrected chi connectivity index (χ0v) is 20.3. The molecule has 0 amide bonds. The van der Waals surface area contributed by atoms with Crippen molar-refractivity contribution in [2.45, 2.75) is 45.1 Å². The van der Waals surface area contributed by atoms with Crippen molar-refractivity contribution in [1.82, 2.24) is 9.97 Å². The van der Waals surface area contributed by atoms with Crippen molar-refractivity contribution in [2.24, 2.45) is 0 Å². The third-order valence-electron chi connectivity index (χ3n) is 6.25. The van der Waals surface area contributed by atoms with Crippen molar-refractivity contribution in [3.8, 4) is 22.5 Å². The van der Waals surface area contributed by atoms with Crippen LogP contribution in [0.25, 0.3) is 22.5 Å².